The Hall–Kier alpha value is -3.65. The molecule has 1 radical (unpaired) electrons. The number of aliphatic carboxylic acids is 1. The molecule has 0 saturated carbocycles. The Morgan fingerprint density at radius 1 is 0.627 bits per heavy atom. The molecule has 2 atom stereocenters. The van der Waals surface area contributed by atoms with Gasteiger partial charge in [0.05, 0.1) is 6.04 Å². The van der Waals surface area contributed by atoms with E-state index in [2.05, 4.69) is 20.6 Å². The van der Waals surface area contributed by atoms with E-state index in [1.165, 1.54) is 0 Å². The van der Waals surface area contributed by atoms with Crippen LogP contribution in [-0.2, 0) is 87.4 Å². The van der Waals surface area contributed by atoms with Gasteiger partial charge in [-0.2, -0.15) is 0 Å². The third-order valence-electron chi connectivity index (χ3n) is 7.95. The van der Waals surface area contributed by atoms with Crippen LogP contribution in [0.2, 0.25) is 0 Å². The smallest absolute Gasteiger partial charge is 0.508 e. The van der Waals surface area contributed by atoms with Crippen molar-refractivity contribution in [1.29, 1.82) is 0 Å². The molecule has 2 heterocycles. The van der Waals surface area contributed by atoms with E-state index in [9.17, 15) is 30.3 Å². The van der Waals surface area contributed by atoms with Gasteiger partial charge in [-0.15, -0.1) is 0 Å². The van der Waals surface area contributed by atoms with Crippen molar-refractivity contribution in [2.75, 3.05) is 0 Å². The van der Waals surface area contributed by atoms with Gasteiger partial charge in [0.15, 0.2) is 6.29 Å². The zero-order chi connectivity index (χ0) is 32.5. The Morgan fingerprint density at radius 3 is 1.49 bits per heavy atom. The summed E-state index contributed by atoms with van der Waals surface area (Å²) in [5.74, 6) is -0.555. The second-order valence-electron chi connectivity index (χ2n) is 11.1. The monoisotopic (exact) mass is 848 g/mol. The van der Waals surface area contributed by atoms with Gasteiger partial charge in [0.25, 0.3) is 0 Å². The number of para-hydroxylation sites is 4. The Kier molecular flexibility index (Phi) is 21.4. The van der Waals surface area contributed by atoms with Gasteiger partial charge in [-0.3, -0.25) is 10.1 Å². The van der Waals surface area contributed by atoms with Crippen LogP contribution in [0, 0.1) is 0 Å². The molecule has 4 aromatic carbocycles. The van der Waals surface area contributed by atoms with E-state index >= 15 is 0 Å². The van der Waals surface area contributed by atoms with Crippen LogP contribution in [0.3, 0.4) is 0 Å². The minimum Gasteiger partial charge on any atom is -0.508 e. The number of carboxylic acids is 1. The first-order valence-corrected chi connectivity index (χ1v) is 15.0. The quantitative estimate of drug-likeness (QED) is 0.0503. The number of H-pyrrole nitrogens is 2. The summed E-state index contributed by atoms with van der Waals surface area (Å²) in [6.07, 6.45) is 3.08. The van der Waals surface area contributed by atoms with Crippen LogP contribution in [0.15, 0.2) is 109 Å². The minimum absolute atomic E-state index is 0. The molecule has 51 heavy (non-hydrogen) atoms. The molecule has 12 nitrogen and oxygen atoms in total. The molecule has 2 aromatic heterocycles. The molecule has 0 spiro atoms. The summed E-state index contributed by atoms with van der Waals surface area (Å²) in [6, 6.07) is 28.4. The van der Waals surface area contributed by atoms with Gasteiger partial charge in [-0.1, -0.05) is 72.8 Å². The van der Waals surface area contributed by atoms with E-state index in [4.69, 9.17) is 0 Å². The largest absolute Gasteiger partial charge is 1.00 e. The Labute approximate surface area is 326 Å². The fraction of sp³-hybridized carbons (Fsp3) is 0.194. The predicted octanol–water partition coefficient (Wildman–Crippen LogP) is 2.79. The molecule has 6 rings (SSSR count). The summed E-state index contributed by atoms with van der Waals surface area (Å²) in [6.45, 7) is 0.656. The Morgan fingerprint density at radius 2 is 1.04 bits per heavy atom. The molecule has 0 aliphatic heterocycles. The van der Waals surface area contributed by atoms with Crippen LogP contribution >= 0.6 is 0 Å². The fourth-order valence-electron chi connectivity index (χ4n) is 5.38. The number of rotatable bonds is 12. The van der Waals surface area contributed by atoms with Crippen LogP contribution in [0.1, 0.15) is 22.3 Å². The second kappa shape index (κ2) is 23.0. The van der Waals surface area contributed by atoms with Crippen LogP contribution in [0.4, 0.5) is 0 Å². The van der Waals surface area contributed by atoms with E-state index in [1.54, 1.807) is 36.4 Å². The molecule has 285 valence electrons. The van der Waals surface area contributed by atoms with E-state index < -0.39 is 24.3 Å². The molecule has 0 bridgehead atoms. The average molecular weight is 850 g/mol. The van der Waals surface area contributed by atoms with Crippen molar-refractivity contribution in [3.63, 3.8) is 0 Å². The van der Waals surface area contributed by atoms with Gasteiger partial charge in [-0.25, -0.2) is 0 Å². The molecule has 0 saturated heterocycles. The Balaban J connectivity index is 0.000000893. The van der Waals surface area contributed by atoms with Gasteiger partial charge < -0.3 is 51.8 Å². The predicted molar refractivity (Wildman–Crippen MR) is 186 cm³/mol. The molecule has 0 amide bonds. The first kappa shape index (κ1) is 47.3. The number of carboxylic acid groups (broad SMARTS) is 1. The summed E-state index contributed by atoms with van der Waals surface area (Å²) in [5.41, 5.74) is 5.39. The van der Waals surface area contributed by atoms with Crippen LogP contribution in [0.25, 0.3) is 21.8 Å². The normalized spacial score (nSPS) is 11.4. The number of aromatic hydroxyl groups is 2. The number of hydrogen-bond donors (Lipinski definition) is 9. The van der Waals surface area contributed by atoms with Crippen molar-refractivity contribution in [3.8, 4) is 11.5 Å². The molecular weight excluding hydrogens is 807 g/mol. The molecule has 0 aliphatic carbocycles. The molecule has 14 N–H and O–H groups in total. The van der Waals surface area contributed by atoms with Gasteiger partial charge in [0.2, 0.25) is 0 Å². The van der Waals surface area contributed by atoms with E-state index in [0.29, 0.717) is 31.5 Å². The summed E-state index contributed by atoms with van der Waals surface area (Å²) < 4.78 is 0. The number of aliphatic hydroxyl groups is 2. The van der Waals surface area contributed by atoms with Gasteiger partial charge >= 0.3 is 40.1 Å². The number of fused-ring (bicyclic) bond motifs is 2. The topological polar surface area (TPSA) is 238 Å². The van der Waals surface area contributed by atoms with Crippen molar-refractivity contribution < 1.29 is 92.5 Å². The van der Waals surface area contributed by atoms with Crippen molar-refractivity contribution in [1.82, 2.24) is 20.6 Å². The molecule has 15 heteroatoms. The Bertz CT molecular complexity index is 1900. The molecule has 2 unspecified atom stereocenters. The molecule has 0 aliphatic rings. The van der Waals surface area contributed by atoms with Gasteiger partial charge in [0.1, 0.15) is 17.5 Å². The maximum atomic E-state index is 11.5. The SMILES string of the molecule is O.O=C(O)C(Cc1c[nH]c2ccccc12)NCc1ccccc1O.Oc1ccccc1CNC(Cc1c[nH]c2ccccc12)C(O)O.[Cu+].[Cu+].[Cu].[OH3+]. The third kappa shape index (κ3) is 12.8. The number of phenolic OH excluding ortho intramolecular Hbond substituents is 2. The van der Waals surface area contributed by atoms with Crippen LogP contribution < -0.4 is 10.6 Å². The van der Waals surface area contributed by atoms with Crippen molar-refractivity contribution in [2.45, 2.75) is 44.3 Å². The molecular formula is C36H43Cu3N4O8+3. The summed E-state index contributed by atoms with van der Waals surface area (Å²) in [7, 11) is 0. The van der Waals surface area contributed by atoms with E-state index in [1.807, 2.05) is 73.1 Å². The van der Waals surface area contributed by atoms with Crippen molar-refractivity contribution >= 4 is 27.8 Å². The summed E-state index contributed by atoms with van der Waals surface area (Å²) in [4.78, 5) is 17.9. The number of benzene rings is 4. The zero-order valence-corrected chi connectivity index (χ0v) is 29.9. The number of hydrogen-bond acceptors (Lipinski definition) is 7. The number of phenols is 2. The first-order chi connectivity index (χ1) is 22.3. The van der Waals surface area contributed by atoms with E-state index in [-0.39, 0.29) is 73.7 Å². The third-order valence-corrected chi connectivity index (χ3v) is 7.95. The number of aromatic nitrogens is 2. The summed E-state index contributed by atoms with van der Waals surface area (Å²) >= 11 is 0. The van der Waals surface area contributed by atoms with Crippen molar-refractivity contribution in [3.05, 3.63) is 132 Å². The number of carbonyl (C=O) groups is 1. The number of aliphatic hydroxyl groups excluding tert-OH is 1. The van der Waals surface area contributed by atoms with Crippen LogP contribution in [0.5, 0.6) is 11.5 Å². The maximum absolute atomic E-state index is 11.5. The maximum Gasteiger partial charge on any atom is 1.00 e. The minimum atomic E-state index is -1.49. The van der Waals surface area contributed by atoms with Gasteiger partial charge in [-0.05, 0) is 41.8 Å². The fourth-order valence-corrected chi connectivity index (χ4v) is 5.38. The van der Waals surface area contributed by atoms with Gasteiger partial charge in [0, 0.05) is 81.9 Å². The number of nitrogens with one attached hydrogen (secondary N) is 4. The zero-order valence-electron chi connectivity index (χ0n) is 27.1. The second-order valence-corrected chi connectivity index (χ2v) is 11.1. The van der Waals surface area contributed by atoms with Crippen molar-refractivity contribution in [2.24, 2.45) is 0 Å². The molecule has 0 fully saturated rings. The van der Waals surface area contributed by atoms with E-state index in [0.717, 1.165) is 38.5 Å². The standard InChI is InChI=1S/C18H20N2O3.C18H18N2O3.3Cu.2H2O/c2*21-17-8-4-1-5-12(17)10-20-16(18(22)23)9-13-11-19-15-7-3-2-6-14(13)15;;;;;/h1-8,11,16,18-23H,9-10H2;1-8,11,16,19-21H,9-10H2,(H,22,23);;;;2*1H2/q;;;2*+1;;/p+1. The molecule has 6 aromatic rings. The van der Waals surface area contributed by atoms with Crippen LogP contribution in [-0.4, -0.2) is 65.3 Å². The first-order valence-electron chi connectivity index (χ1n) is 15.0. The summed E-state index contributed by atoms with van der Waals surface area (Å²) in [5, 5.41) is 56.5. The number of aromatic amines is 2. The average Bonchev–Trinajstić information content (AvgIpc) is 3.66.